The number of hydrogen-bond acceptors (Lipinski definition) is 2. The summed E-state index contributed by atoms with van der Waals surface area (Å²) in [6.45, 7) is 4.59. The zero-order chi connectivity index (χ0) is 12.2. The van der Waals surface area contributed by atoms with Crippen LogP contribution in [-0.2, 0) is 9.53 Å². The second-order valence-electron chi connectivity index (χ2n) is 4.39. The number of ether oxygens (including phenoxy) is 1. The normalized spacial score (nSPS) is 12.6. The fourth-order valence-electron chi connectivity index (χ4n) is 1.58. The molecule has 0 aliphatic heterocycles. The first kappa shape index (κ1) is 15.4. The molecule has 0 aromatic carbocycles. The molecule has 0 aromatic heterocycles. The van der Waals surface area contributed by atoms with Crippen LogP contribution in [0.15, 0.2) is 0 Å². The van der Waals surface area contributed by atoms with Gasteiger partial charge < -0.3 is 10.5 Å². The van der Waals surface area contributed by atoms with Gasteiger partial charge >= 0.3 is 0 Å². The molecule has 0 spiro atoms. The van der Waals surface area contributed by atoms with Gasteiger partial charge in [-0.15, -0.1) is 0 Å². The number of carbonyl (C=O) groups is 1. The summed E-state index contributed by atoms with van der Waals surface area (Å²) in [5, 5.41) is 0. The van der Waals surface area contributed by atoms with Crippen molar-refractivity contribution in [2.24, 2.45) is 5.73 Å². The highest BCUT2D eigenvalue weighted by Crippen LogP contribution is 2.08. The van der Waals surface area contributed by atoms with Crippen LogP contribution in [0.25, 0.3) is 0 Å². The van der Waals surface area contributed by atoms with Gasteiger partial charge in [-0.1, -0.05) is 51.9 Å². The van der Waals surface area contributed by atoms with Gasteiger partial charge in [0, 0.05) is 6.61 Å². The first-order valence-corrected chi connectivity index (χ1v) is 6.59. The molecule has 0 aliphatic rings. The molecule has 1 amide bonds. The average molecular weight is 229 g/mol. The number of carbonyl (C=O) groups excluding carboxylic acids is 1. The molecule has 3 heteroatoms. The maximum atomic E-state index is 10.7. The Labute approximate surface area is 99.7 Å². The van der Waals surface area contributed by atoms with Crippen LogP contribution in [0.4, 0.5) is 0 Å². The highest BCUT2D eigenvalue weighted by atomic mass is 16.5. The molecule has 96 valence electrons. The summed E-state index contributed by atoms with van der Waals surface area (Å²) in [5.74, 6) is -0.375. The summed E-state index contributed by atoms with van der Waals surface area (Å²) in [6.07, 6.45) is 9.77. The van der Waals surface area contributed by atoms with E-state index in [0.29, 0.717) is 6.61 Å². The molecule has 0 bridgehead atoms. The van der Waals surface area contributed by atoms with Gasteiger partial charge in [-0.05, 0) is 13.3 Å². The van der Waals surface area contributed by atoms with Crippen molar-refractivity contribution in [3.05, 3.63) is 0 Å². The predicted octanol–water partition coefficient (Wildman–Crippen LogP) is 3.02. The summed E-state index contributed by atoms with van der Waals surface area (Å²) in [7, 11) is 0. The molecule has 0 saturated carbocycles. The molecular weight excluding hydrogens is 202 g/mol. The van der Waals surface area contributed by atoms with Crippen molar-refractivity contribution < 1.29 is 9.53 Å². The maximum absolute atomic E-state index is 10.7. The monoisotopic (exact) mass is 229 g/mol. The lowest BCUT2D eigenvalue weighted by Gasteiger charge is -2.08. The second-order valence-corrected chi connectivity index (χ2v) is 4.39. The van der Waals surface area contributed by atoms with Crippen molar-refractivity contribution in [1.29, 1.82) is 0 Å². The van der Waals surface area contributed by atoms with E-state index >= 15 is 0 Å². The number of rotatable bonds is 11. The van der Waals surface area contributed by atoms with Crippen LogP contribution in [0.3, 0.4) is 0 Å². The van der Waals surface area contributed by atoms with Crippen LogP contribution in [0.2, 0.25) is 0 Å². The van der Waals surface area contributed by atoms with Crippen LogP contribution < -0.4 is 5.73 Å². The fraction of sp³-hybridized carbons (Fsp3) is 0.923. The van der Waals surface area contributed by atoms with Gasteiger partial charge in [0.05, 0.1) is 0 Å². The minimum absolute atomic E-state index is 0.375. The predicted molar refractivity (Wildman–Crippen MR) is 67.2 cm³/mol. The van der Waals surface area contributed by atoms with Gasteiger partial charge in [-0.3, -0.25) is 4.79 Å². The summed E-state index contributed by atoms with van der Waals surface area (Å²) >= 11 is 0. The standard InChI is InChI=1S/C13H27NO2/c1-3-4-5-6-7-8-9-10-11-16-12(2)13(14)15/h12H,3-11H2,1-2H3,(H2,14,15). The van der Waals surface area contributed by atoms with E-state index in [9.17, 15) is 4.79 Å². The molecule has 0 fully saturated rings. The van der Waals surface area contributed by atoms with E-state index in [-0.39, 0.29) is 5.91 Å². The third-order valence-electron chi connectivity index (χ3n) is 2.77. The van der Waals surface area contributed by atoms with Crippen molar-refractivity contribution >= 4 is 5.91 Å². The molecule has 0 aliphatic carbocycles. The van der Waals surface area contributed by atoms with Crippen molar-refractivity contribution in [3.63, 3.8) is 0 Å². The van der Waals surface area contributed by atoms with Crippen LogP contribution in [0.1, 0.15) is 65.2 Å². The minimum Gasteiger partial charge on any atom is -0.369 e. The molecule has 0 aromatic rings. The Morgan fingerprint density at radius 3 is 2.06 bits per heavy atom. The minimum atomic E-state index is -0.440. The summed E-state index contributed by atoms with van der Waals surface area (Å²) in [5.41, 5.74) is 5.08. The van der Waals surface area contributed by atoms with E-state index in [0.717, 1.165) is 6.42 Å². The Kier molecular flexibility index (Phi) is 10.5. The maximum Gasteiger partial charge on any atom is 0.246 e. The summed E-state index contributed by atoms with van der Waals surface area (Å²) < 4.78 is 5.27. The topological polar surface area (TPSA) is 52.3 Å². The highest BCUT2D eigenvalue weighted by Gasteiger charge is 2.07. The van der Waals surface area contributed by atoms with E-state index in [4.69, 9.17) is 10.5 Å². The van der Waals surface area contributed by atoms with Gasteiger partial charge in [0.15, 0.2) is 0 Å². The van der Waals surface area contributed by atoms with E-state index in [1.54, 1.807) is 6.92 Å². The molecule has 0 radical (unpaired) electrons. The Balaban J connectivity index is 3.07. The highest BCUT2D eigenvalue weighted by molar-refractivity contribution is 5.78. The van der Waals surface area contributed by atoms with E-state index < -0.39 is 6.10 Å². The van der Waals surface area contributed by atoms with E-state index in [1.165, 1.54) is 44.9 Å². The lowest BCUT2D eigenvalue weighted by Crippen LogP contribution is -2.28. The van der Waals surface area contributed by atoms with Crippen molar-refractivity contribution in [1.82, 2.24) is 0 Å². The third-order valence-corrected chi connectivity index (χ3v) is 2.77. The number of unbranched alkanes of at least 4 members (excludes halogenated alkanes) is 7. The van der Waals surface area contributed by atoms with Crippen LogP contribution in [-0.4, -0.2) is 18.6 Å². The molecule has 0 rings (SSSR count). The average Bonchev–Trinajstić information content (AvgIpc) is 2.26. The Morgan fingerprint density at radius 1 is 1.06 bits per heavy atom. The summed E-state index contributed by atoms with van der Waals surface area (Å²) in [6, 6.07) is 0. The van der Waals surface area contributed by atoms with Crippen LogP contribution in [0, 0.1) is 0 Å². The smallest absolute Gasteiger partial charge is 0.246 e. The Morgan fingerprint density at radius 2 is 1.56 bits per heavy atom. The van der Waals surface area contributed by atoms with Crippen LogP contribution in [0.5, 0.6) is 0 Å². The molecule has 1 unspecified atom stereocenters. The number of nitrogens with two attached hydrogens (primary N) is 1. The van der Waals surface area contributed by atoms with Gasteiger partial charge in [-0.25, -0.2) is 0 Å². The number of primary amides is 1. The Hall–Kier alpha value is -0.570. The molecule has 1 atom stereocenters. The van der Waals surface area contributed by atoms with Gasteiger partial charge in [0.2, 0.25) is 5.91 Å². The first-order valence-electron chi connectivity index (χ1n) is 6.59. The molecule has 0 heterocycles. The zero-order valence-corrected chi connectivity index (χ0v) is 10.8. The SMILES string of the molecule is CCCCCCCCCCOC(C)C(N)=O. The summed E-state index contributed by atoms with van der Waals surface area (Å²) in [4.78, 5) is 10.7. The molecule has 0 saturated heterocycles. The van der Waals surface area contributed by atoms with Gasteiger partial charge in [-0.2, -0.15) is 0 Å². The molecule has 2 N–H and O–H groups in total. The lowest BCUT2D eigenvalue weighted by molar-refractivity contribution is -0.128. The molecule has 3 nitrogen and oxygen atoms in total. The quantitative estimate of drug-likeness (QED) is 0.554. The third kappa shape index (κ3) is 9.97. The van der Waals surface area contributed by atoms with Crippen molar-refractivity contribution in [3.8, 4) is 0 Å². The fourth-order valence-corrected chi connectivity index (χ4v) is 1.58. The largest absolute Gasteiger partial charge is 0.369 e. The lowest BCUT2D eigenvalue weighted by atomic mass is 10.1. The van der Waals surface area contributed by atoms with E-state index in [2.05, 4.69) is 6.92 Å². The second kappa shape index (κ2) is 10.9. The number of amides is 1. The Bertz CT molecular complexity index is 171. The van der Waals surface area contributed by atoms with Gasteiger partial charge in [0.1, 0.15) is 6.10 Å². The molecular formula is C13H27NO2. The van der Waals surface area contributed by atoms with Crippen molar-refractivity contribution in [2.75, 3.05) is 6.61 Å². The van der Waals surface area contributed by atoms with Crippen LogP contribution >= 0.6 is 0 Å². The number of hydrogen-bond donors (Lipinski definition) is 1. The first-order chi connectivity index (χ1) is 7.68. The zero-order valence-electron chi connectivity index (χ0n) is 10.8. The van der Waals surface area contributed by atoms with E-state index in [1.807, 2.05) is 0 Å². The van der Waals surface area contributed by atoms with Crippen molar-refractivity contribution in [2.45, 2.75) is 71.3 Å². The van der Waals surface area contributed by atoms with Gasteiger partial charge in [0.25, 0.3) is 0 Å². The molecule has 16 heavy (non-hydrogen) atoms.